The summed E-state index contributed by atoms with van der Waals surface area (Å²) in [7, 11) is 3.59. The molecule has 0 saturated heterocycles. The average molecular weight is 477 g/mol. The Labute approximate surface area is 170 Å². The quantitative estimate of drug-likeness (QED) is 0.382. The van der Waals surface area contributed by atoms with Crippen LogP contribution in [0.15, 0.2) is 23.2 Å². The van der Waals surface area contributed by atoms with Gasteiger partial charge in [0.15, 0.2) is 5.96 Å². The van der Waals surface area contributed by atoms with Gasteiger partial charge in [0.25, 0.3) is 0 Å². The van der Waals surface area contributed by atoms with Crippen LogP contribution < -0.4 is 10.6 Å². The number of aliphatic imine (C=N–C) groups is 1. The summed E-state index contributed by atoms with van der Waals surface area (Å²) in [6, 6.07) is 3.41. The highest BCUT2D eigenvalue weighted by atomic mass is 127. The van der Waals surface area contributed by atoms with E-state index in [-0.39, 0.29) is 36.1 Å². The molecule has 144 valence electrons. The van der Waals surface area contributed by atoms with Crippen molar-refractivity contribution in [1.82, 2.24) is 20.4 Å². The highest BCUT2D eigenvalue weighted by Crippen LogP contribution is 2.15. The van der Waals surface area contributed by atoms with Crippen LogP contribution in [0.5, 0.6) is 0 Å². The summed E-state index contributed by atoms with van der Waals surface area (Å²) < 4.78 is 28.9. The first-order chi connectivity index (χ1) is 12.0. The molecule has 0 atom stereocenters. The van der Waals surface area contributed by atoms with Crippen LogP contribution >= 0.6 is 24.0 Å². The van der Waals surface area contributed by atoms with E-state index in [1.807, 2.05) is 11.7 Å². The molecule has 8 heteroatoms. The number of halogens is 3. The Balaban J connectivity index is 0.00000338. The van der Waals surface area contributed by atoms with Gasteiger partial charge in [-0.05, 0) is 31.0 Å². The summed E-state index contributed by atoms with van der Waals surface area (Å²) in [5, 5.41) is 10.8. The lowest BCUT2D eigenvalue weighted by Gasteiger charge is -2.13. The summed E-state index contributed by atoms with van der Waals surface area (Å²) in [4.78, 5) is 4.14. The molecule has 0 aliphatic carbocycles. The van der Waals surface area contributed by atoms with Crippen molar-refractivity contribution in [3.05, 3.63) is 52.3 Å². The maximum absolute atomic E-state index is 13.7. The molecule has 26 heavy (non-hydrogen) atoms. The summed E-state index contributed by atoms with van der Waals surface area (Å²) in [6.45, 7) is 4.90. The van der Waals surface area contributed by atoms with E-state index in [9.17, 15) is 8.78 Å². The Morgan fingerprint density at radius 2 is 1.85 bits per heavy atom. The van der Waals surface area contributed by atoms with Gasteiger partial charge in [-0.3, -0.25) is 9.67 Å². The Morgan fingerprint density at radius 1 is 1.15 bits per heavy atom. The number of guanidine groups is 1. The van der Waals surface area contributed by atoms with Crippen LogP contribution in [0.3, 0.4) is 0 Å². The van der Waals surface area contributed by atoms with Gasteiger partial charge in [0, 0.05) is 44.0 Å². The van der Waals surface area contributed by atoms with Crippen molar-refractivity contribution in [2.24, 2.45) is 12.0 Å². The van der Waals surface area contributed by atoms with Crippen LogP contribution in [0, 0.1) is 11.6 Å². The molecule has 0 unspecified atom stereocenters. The van der Waals surface area contributed by atoms with Gasteiger partial charge < -0.3 is 10.6 Å². The van der Waals surface area contributed by atoms with Gasteiger partial charge in [0.1, 0.15) is 11.6 Å². The lowest BCUT2D eigenvalue weighted by molar-refractivity contribution is 0.581. The summed E-state index contributed by atoms with van der Waals surface area (Å²) >= 11 is 0. The first-order valence-corrected chi connectivity index (χ1v) is 8.42. The molecule has 0 fully saturated rings. The predicted molar refractivity (Wildman–Crippen MR) is 111 cm³/mol. The first kappa shape index (κ1) is 22.3. The number of rotatable bonds is 6. The number of hydrogen-bond donors (Lipinski definition) is 2. The zero-order valence-electron chi connectivity index (χ0n) is 15.6. The molecular weight excluding hydrogens is 451 g/mol. The average Bonchev–Trinajstić information content (AvgIpc) is 2.92. The van der Waals surface area contributed by atoms with Crippen LogP contribution in [0.2, 0.25) is 0 Å². The van der Waals surface area contributed by atoms with Gasteiger partial charge in [0.2, 0.25) is 0 Å². The number of nitrogens with one attached hydrogen (secondary N) is 2. The standard InChI is InChI=1S/C18H25F2N5.HI/c1-5-16-14(17(6-2)25(4)24-16)11-23-18(21-3)22-10-12-9-13(19)7-8-15(12)20;/h7-9H,5-6,10-11H2,1-4H3,(H2,21,22,23);1H. The minimum atomic E-state index is -0.461. The number of aromatic nitrogens is 2. The number of benzene rings is 1. The van der Waals surface area contributed by atoms with Crippen molar-refractivity contribution in [2.75, 3.05) is 7.05 Å². The first-order valence-electron chi connectivity index (χ1n) is 8.42. The van der Waals surface area contributed by atoms with E-state index in [0.717, 1.165) is 36.2 Å². The number of nitrogens with zero attached hydrogens (tertiary/aromatic N) is 3. The van der Waals surface area contributed by atoms with Gasteiger partial charge in [-0.2, -0.15) is 5.10 Å². The van der Waals surface area contributed by atoms with Crippen molar-refractivity contribution in [2.45, 2.75) is 39.8 Å². The molecule has 0 bridgehead atoms. The second-order valence-electron chi connectivity index (χ2n) is 5.72. The molecule has 0 amide bonds. The molecule has 0 saturated carbocycles. The van der Waals surface area contributed by atoms with Crippen molar-refractivity contribution in [3.8, 4) is 0 Å². The maximum atomic E-state index is 13.7. The van der Waals surface area contributed by atoms with Gasteiger partial charge >= 0.3 is 0 Å². The van der Waals surface area contributed by atoms with E-state index in [1.165, 1.54) is 11.8 Å². The smallest absolute Gasteiger partial charge is 0.191 e. The molecule has 2 N–H and O–H groups in total. The van der Waals surface area contributed by atoms with Crippen molar-refractivity contribution >= 4 is 29.9 Å². The molecule has 1 heterocycles. The predicted octanol–water partition coefficient (Wildman–Crippen LogP) is 3.31. The van der Waals surface area contributed by atoms with Gasteiger partial charge in [-0.25, -0.2) is 8.78 Å². The highest BCUT2D eigenvalue weighted by molar-refractivity contribution is 14.0. The molecule has 2 aromatic rings. The van der Waals surface area contributed by atoms with Gasteiger partial charge in [-0.15, -0.1) is 24.0 Å². The second-order valence-corrected chi connectivity index (χ2v) is 5.72. The third-order valence-corrected chi connectivity index (χ3v) is 4.14. The summed E-state index contributed by atoms with van der Waals surface area (Å²) in [6.07, 6.45) is 1.74. The lowest BCUT2D eigenvalue weighted by atomic mass is 10.1. The Kier molecular flexibility index (Phi) is 8.97. The molecule has 0 spiro atoms. The van der Waals surface area contributed by atoms with Crippen LogP contribution in [0.1, 0.15) is 36.4 Å². The minimum absolute atomic E-state index is 0. The molecule has 2 rings (SSSR count). The summed E-state index contributed by atoms with van der Waals surface area (Å²) in [5.41, 5.74) is 3.65. The highest BCUT2D eigenvalue weighted by Gasteiger charge is 2.14. The fraction of sp³-hybridized carbons (Fsp3) is 0.444. The normalized spacial score (nSPS) is 11.2. The van der Waals surface area contributed by atoms with Crippen molar-refractivity contribution < 1.29 is 8.78 Å². The molecule has 5 nitrogen and oxygen atoms in total. The largest absolute Gasteiger partial charge is 0.352 e. The Morgan fingerprint density at radius 3 is 2.46 bits per heavy atom. The van der Waals surface area contributed by atoms with Gasteiger partial charge in [0.05, 0.1) is 5.69 Å². The second kappa shape index (κ2) is 10.4. The van der Waals surface area contributed by atoms with Crippen LogP contribution in [-0.2, 0) is 33.0 Å². The fourth-order valence-electron chi connectivity index (χ4n) is 2.84. The van der Waals surface area contributed by atoms with Crippen LogP contribution in [0.4, 0.5) is 8.78 Å². The summed E-state index contributed by atoms with van der Waals surface area (Å²) in [5.74, 6) is -0.383. The van der Waals surface area contributed by atoms with E-state index in [0.29, 0.717) is 12.5 Å². The van der Waals surface area contributed by atoms with Crippen LogP contribution in [0.25, 0.3) is 0 Å². The molecule has 1 aromatic carbocycles. The molecule has 0 aliphatic heterocycles. The van der Waals surface area contributed by atoms with Crippen molar-refractivity contribution in [3.63, 3.8) is 0 Å². The Bertz CT molecular complexity index is 758. The SMILES string of the molecule is CCc1nn(C)c(CC)c1CNC(=NC)NCc1cc(F)ccc1F.I. The van der Waals surface area contributed by atoms with Crippen molar-refractivity contribution in [1.29, 1.82) is 0 Å². The van der Waals surface area contributed by atoms with Gasteiger partial charge in [-0.1, -0.05) is 13.8 Å². The third-order valence-electron chi connectivity index (χ3n) is 4.14. The third kappa shape index (κ3) is 5.39. The van der Waals surface area contributed by atoms with E-state index in [4.69, 9.17) is 0 Å². The zero-order chi connectivity index (χ0) is 18.4. The number of aryl methyl sites for hydroxylation is 2. The lowest BCUT2D eigenvalue weighted by Crippen LogP contribution is -2.36. The number of hydrogen-bond acceptors (Lipinski definition) is 2. The van der Waals surface area contributed by atoms with E-state index in [1.54, 1.807) is 7.05 Å². The van der Waals surface area contributed by atoms with E-state index < -0.39 is 11.6 Å². The molecular formula is C18H26F2IN5. The topological polar surface area (TPSA) is 54.2 Å². The van der Waals surface area contributed by atoms with E-state index >= 15 is 0 Å². The zero-order valence-corrected chi connectivity index (χ0v) is 17.9. The minimum Gasteiger partial charge on any atom is -0.352 e. The molecule has 0 aliphatic rings. The fourth-order valence-corrected chi connectivity index (χ4v) is 2.84. The van der Waals surface area contributed by atoms with Crippen LogP contribution in [-0.4, -0.2) is 22.8 Å². The van der Waals surface area contributed by atoms with E-state index in [2.05, 4.69) is 34.6 Å². The monoisotopic (exact) mass is 477 g/mol. The maximum Gasteiger partial charge on any atom is 0.191 e. The molecule has 0 radical (unpaired) electrons. The Hall–Kier alpha value is -1.71. The molecule has 1 aromatic heterocycles.